The lowest BCUT2D eigenvalue weighted by Crippen LogP contribution is -2.50. The summed E-state index contributed by atoms with van der Waals surface area (Å²) in [4.78, 5) is 11.2. The summed E-state index contributed by atoms with van der Waals surface area (Å²) in [6.07, 6.45) is 2.26. The van der Waals surface area contributed by atoms with E-state index in [-0.39, 0.29) is 17.7 Å². The molecule has 0 bridgehead atoms. The third-order valence-electron chi connectivity index (χ3n) is 7.62. The Morgan fingerprint density at radius 1 is 1.05 bits per heavy atom. The largest absolute Gasteiger partial charge is 0.534 e. The molecule has 1 N–H and O–H groups in total. The minimum Gasteiger partial charge on any atom is -0.481 e. The molecule has 0 radical (unpaired) electrons. The lowest BCUT2D eigenvalue weighted by atomic mass is 9.87. The fourth-order valence-electron chi connectivity index (χ4n) is 5.68. The maximum absolute atomic E-state index is 15.9. The Hall–Kier alpha value is -4.26. The number of aliphatic carboxylic acids is 1. The van der Waals surface area contributed by atoms with Gasteiger partial charge in [-0.05, 0) is 48.8 Å². The maximum atomic E-state index is 15.9. The van der Waals surface area contributed by atoms with Crippen LogP contribution in [0.5, 0.6) is 17.2 Å². The smallest absolute Gasteiger partial charge is 0.481 e. The van der Waals surface area contributed by atoms with E-state index in [9.17, 15) is 31.5 Å². The van der Waals surface area contributed by atoms with Gasteiger partial charge in [-0.3, -0.25) is 4.79 Å². The molecule has 5 rings (SSSR count). The van der Waals surface area contributed by atoms with Gasteiger partial charge in [-0.1, -0.05) is 24.3 Å². The number of hydrogen-bond acceptors (Lipinski definition) is 5. The zero-order valence-electron chi connectivity index (χ0n) is 24.0. The summed E-state index contributed by atoms with van der Waals surface area (Å²) < 4.78 is 105. The number of carboxylic acid groups (broad SMARTS) is 1. The summed E-state index contributed by atoms with van der Waals surface area (Å²) in [5.41, 5.74) is -3.46. The molecule has 2 aliphatic rings. The van der Waals surface area contributed by atoms with Crippen LogP contribution in [0.3, 0.4) is 0 Å². The molecule has 7 nitrogen and oxygen atoms in total. The predicted molar refractivity (Wildman–Crippen MR) is 151 cm³/mol. The number of fused-ring (bicyclic) bond motifs is 3. The highest BCUT2D eigenvalue weighted by Gasteiger charge is 2.50. The molecule has 0 saturated heterocycles. The van der Waals surface area contributed by atoms with E-state index in [1.165, 1.54) is 0 Å². The van der Waals surface area contributed by atoms with Crippen LogP contribution in [-0.4, -0.2) is 37.1 Å². The molecule has 3 aromatic carbocycles. The minimum absolute atomic E-state index is 0.0679. The van der Waals surface area contributed by atoms with E-state index < -0.39 is 50.3 Å². The number of benzene rings is 3. The predicted octanol–water partition coefficient (Wildman–Crippen LogP) is 5.41. The molecule has 0 spiro atoms. The molecule has 0 atom stereocenters. The van der Waals surface area contributed by atoms with Crippen molar-refractivity contribution in [2.45, 2.75) is 51.6 Å². The van der Waals surface area contributed by atoms with Gasteiger partial charge in [-0.15, -0.1) is 0 Å². The fraction of sp³-hybridized carbons (Fsp3) is 0.290. The van der Waals surface area contributed by atoms with Gasteiger partial charge in [0.05, 0.1) is 12.5 Å². The molecule has 2 aliphatic heterocycles. The van der Waals surface area contributed by atoms with Crippen molar-refractivity contribution in [3.63, 3.8) is 0 Å². The number of rotatable bonds is 7. The lowest BCUT2D eigenvalue weighted by Gasteiger charge is -2.27. The number of carboxylic acids is 1. The van der Waals surface area contributed by atoms with Gasteiger partial charge in [0.2, 0.25) is 16.9 Å². The molecule has 0 saturated carbocycles. The van der Waals surface area contributed by atoms with Crippen LogP contribution in [0, 0.1) is 18.6 Å². The lowest BCUT2D eigenvalue weighted by molar-refractivity contribution is -0.137. The number of allylic oxidation sites excluding steroid dienone is 1. The van der Waals surface area contributed by atoms with Crippen molar-refractivity contribution in [2.24, 2.45) is 0 Å². The molecule has 0 aromatic heterocycles. The van der Waals surface area contributed by atoms with Crippen molar-refractivity contribution in [1.82, 2.24) is 4.58 Å². The number of aryl methyl sites for hydroxylation is 1. The van der Waals surface area contributed by atoms with Gasteiger partial charge < -0.3 is 14.0 Å². The Morgan fingerprint density at radius 3 is 2.36 bits per heavy atom. The van der Waals surface area contributed by atoms with Gasteiger partial charge in [0.15, 0.2) is 17.1 Å². The van der Waals surface area contributed by atoms with Crippen LogP contribution in [0.15, 0.2) is 48.5 Å². The van der Waals surface area contributed by atoms with E-state index in [0.717, 1.165) is 11.1 Å². The Kier molecular flexibility index (Phi) is 7.60. The highest BCUT2D eigenvalue weighted by Crippen LogP contribution is 2.44. The van der Waals surface area contributed by atoms with E-state index in [4.69, 9.17) is 4.74 Å². The van der Waals surface area contributed by atoms with Crippen LogP contribution in [0.4, 0.5) is 22.0 Å². The quantitative estimate of drug-likeness (QED) is 0.126. The number of ether oxygens (including phenoxy) is 1. The molecular weight excluding hydrogens is 609 g/mol. The third kappa shape index (κ3) is 5.33. The van der Waals surface area contributed by atoms with Gasteiger partial charge in [-0.2, -0.15) is 26.0 Å². The molecule has 3 aromatic rings. The van der Waals surface area contributed by atoms with E-state index >= 15 is 8.78 Å². The average molecular weight is 637 g/mol. The minimum atomic E-state index is -6.41. The van der Waals surface area contributed by atoms with Crippen LogP contribution in [-0.2, 0) is 14.9 Å². The van der Waals surface area contributed by atoms with Crippen LogP contribution < -0.4 is 24.1 Å². The first-order chi connectivity index (χ1) is 20.4. The van der Waals surface area contributed by atoms with Crippen molar-refractivity contribution in [3.8, 4) is 17.2 Å². The highest BCUT2D eigenvalue weighted by atomic mass is 32.2. The molecule has 232 valence electrons. The van der Waals surface area contributed by atoms with Gasteiger partial charge in [0.1, 0.15) is 12.3 Å². The average Bonchev–Trinajstić information content (AvgIpc) is 2.91. The van der Waals surface area contributed by atoms with Gasteiger partial charge in [-0.25, -0.2) is 8.97 Å². The number of halogens is 5. The van der Waals surface area contributed by atoms with Crippen molar-refractivity contribution in [1.29, 1.82) is 0 Å². The standard InChI is InChI=1S/C31H26F5NO6S/c1-16-8-5-6-9-18(16)26-20-12-19-17(2)15-30(3,4)37(11-7-10-25(38)39)23(19)14-24(20)42-28-21(26)13-22(32)29(27(28)33)43-44(40,41)31(34,35)36/h5-6,8-9,12-15H,7,10-11H2,1-4H3/p+1. The van der Waals surface area contributed by atoms with E-state index in [1.807, 2.05) is 31.4 Å². The Morgan fingerprint density at radius 2 is 1.73 bits per heavy atom. The van der Waals surface area contributed by atoms with Crippen molar-refractivity contribution in [2.75, 3.05) is 6.54 Å². The van der Waals surface area contributed by atoms with Crippen molar-refractivity contribution < 1.29 is 49.2 Å². The topological polar surface area (TPSA) is 92.9 Å². The fourth-order valence-corrected chi connectivity index (χ4v) is 6.15. The zero-order valence-corrected chi connectivity index (χ0v) is 24.8. The zero-order chi connectivity index (χ0) is 32.4. The molecule has 2 heterocycles. The summed E-state index contributed by atoms with van der Waals surface area (Å²) in [5.74, 6) is -6.82. The molecule has 0 fully saturated rings. The third-order valence-corrected chi connectivity index (χ3v) is 8.58. The van der Waals surface area contributed by atoms with Crippen LogP contribution in [0.1, 0.15) is 55.9 Å². The van der Waals surface area contributed by atoms with E-state index in [1.54, 1.807) is 43.3 Å². The summed E-state index contributed by atoms with van der Waals surface area (Å²) in [7, 11) is -6.41. The van der Waals surface area contributed by atoms with E-state index in [2.05, 4.69) is 4.18 Å². The van der Waals surface area contributed by atoms with Crippen LogP contribution in [0.2, 0.25) is 0 Å². The molecule has 0 amide bonds. The molecule has 0 aliphatic carbocycles. The second-order valence-corrected chi connectivity index (χ2v) is 12.7. The number of hydrogen-bond donors (Lipinski definition) is 1. The Bertz CT molecular complexity index is 2000. The number of nitrogens with zero attached hydrogens (tertiary/aromatic N) is 1. The second-order valence-electron chi connectivity index (χ2n) is 11.1. The molecule has 0 unspecified atom stereocenters. The SMILES string of the molecule is CC1=CC(C)(C)[N+](CCCC(=O)O)=c2cc3c(cc21)=C(c1ccccc1C)c1cc(F)c(OS(=O)(=O)C(F)(F)F)c(F)c1O3. The van der Waals surface area contributed by atoms with Gasteiger partial charge >= 0.3 is 21.6 Å². The molecule has 13 heteroatoms. The first-order valence-corrected chi connectivity index (χ1v) is 14.9. The maximum Gasteiger partial charge on any atom is 0.534 e. The normalized spacial score (nSPS) is 15.5. The summed E-state index contributed by atoms with van der Waals surface area (Å²) in [6, 6.07) is 11.0. The van der Waals surface area contributed by atoms with E-state index in [0.29, 0.717) is 46.3 Å². The van der Waals surface area contributed by atoms with Crippen LogP contribution in [0.25, 0.3) is 11.1 Å². The summed E-state index contributed by atoms with van der Waals surface area (Å²) in [6.45, 7) is 7.89. The van der Waals surface area contributed by atoms with Gasteiger partial charge in [0.25, 0.3) is 0 Å². The Labute approximate surface area is 249 Å². The van der Waals surface area contributed by atoms with Gasteiger partial charge in [0, 0.05) is 42.2 Å². The number of carbonyl (C=O) groups is 1. The second kappa shape index (κ2) is 10.7. The summed E-state index contributed by atoms with van der Waals surface area (Å²) >= 11 is 0. The van der Waals surface area contributed by atoms with Crippen LogP contribution >= 0.6 is 0 Å². The molecule has 44 heavy (non-hydrogen) atoms. The Balaban J connectivity index is 1.85. The monoisotopic (exact) mass is 636 g/mol. The first kappa shape index (κ1) is 31.2. The molecular formula is C31H27F5NO6S+. The highest BCUT2D eigenvalue weighted by molar-refractivity contribution is 7.88. The first-order valence-electron chi connectivity index (χ1n) is 13.4. The summed E-state index contributed by atoms with van der Waals surface area (Å²) in [5, 5.41) is 10.2. The van der Waals surface area contributed by atoms with Crippen molar-refractivity contribution >= 4 is 27.2 Å². The number of alkyl halides is 3. The van der Waals surface area contributed by atoms with Crippen molar-refractivity contribution in [3.05, 3.63) is 93.0 Å².